The number of benzene rings is 2. The number of thioether (sulfide) groups is 1. The van der Waals surface area contributed by atoms with E-state index in [0.29, 0.717) is 0 Å². The fraction of sp³-hybridized carbons (Fsp3) is 0.318. The van der Waals surface area contributed by atoms with Crippen molar-refractivity contribution in [1.29, 1.82) is 0 Å². The summed E-state index contributed by atoms with van der Waals surface area (Å²) in [5, 5.41) is 9.39. The molecule has 0 N–H and O–H groups in total. The summed E-state index contributed by atoms with van der Waals surface area (Å²) in [6.07, 6.45) is 0.919. The lowest BCUT2D eigenvalue weighted by atomic mass is 10.1. The van der Waals surface area contributed by atoms with Crippen LogP contribution in [-0.2, 0) is 17.8 Å². The van der Waals surface area contributed by atoms with Crippen LogP contribution < -0.4 is 4.90 Å². The van der Waals surface area contributed by atoms with Crippen LogP contribution >= 0.6 is 11.8 Å². The molecular weight excluding hydrogens is 368 g/mol. The Kier molecular flexibility index (Phi) is 5.22. The Morgan fingerprint density at radius 1 is 1.14 bits per heavy atom. The Hall–Kier alpha value is -2.60. The van der Waals surface area contributed by atoms with Crippen molar-refractivity contribution in [3.05, 3.63) is 59.7 Å². The molecule has 4 rings (SSSR count). The van der Waals surface area contributed by atoms with E-state index >= 15 is 0 Å². The van der Waals surface area contributed by atoms with Gasteiger partial charge in [-0.15, -0.1) is 10.2 Å². The van der Waals surface area contributed by atoms with Crippen LogP contribution in [0.5, 0.6) is 0 Å². The van der Waals surface area contributed by atoms with Gasteiger partial charge in [0.25, 0.3) is 0 Å². The molecule has 1 atom stereocenters. The SMILES string of the molecule is CCn1c(S[C@@H](C)C(=O)N2CCc3ccccc32)nnc1-c1ccccc1C. The normalized spacial score (nSPS) is 14.2. The molecule has 6 heteroatoms. The van der Waals surface area contributed by atoms with Gasteiger partial charge in [-0.05, 0) is 44.4 Å². The topological polar surface area (TPSA) is 51.0 Å². The predicted octanol–water partition coefficient (Wildman–Crippen LogP) is 4.34. The molecule has 1 aliphatic heterocycles. The molecule has 2 heterocycles. The number of rotatable bonds is 5. The van der Waals surface area contributed by atoms with Crippen molar-refractivity contribution in [1.82, 2.24) is 14.8 Å². The summed E-state index contributed by atoms with van der Waals surface area (Å²) in [5.74, 6) is 0.979. The Morgan fingerprint density at radius 3 is 2.68 bits per heavy atom. The van der Waals surface area contributed by atoms with Crippen LogP contribution in [0.1, 0.15) is 25.0 Å². The highest BCUT2D eigenvalue weighted by Gasteiger charge is 2.29. The standard InChI is InChI=1S/C22H24N4OS/c1-4-25-20(18-11-7-5-9-15(18)2)23-24-22(25)28-16(3)21(27)26-14-13-17-10-6-8-12-19(17)26/h5-12,16H,4,13-14H2,1-3H3/t16-/m0/s1. The molecule has 0 radical (unpaired) electrons. The molecule has 3 aromatic rings. The molecule has 1 aromatic heterocycles. The minimum Gasteiger partial charge on any atom is -0.311 e. The van der Waals surface area contributed by atoms with Crippen molar-refractivity contribution in [3.8, 4) is 11.4 Å². The molecule has 2 aromatic carbocycles. The van der Waals surface area contributed by atoms with Crippen molar-refractivity contribution in [2.45, 2.75) is 44.1 Å². The average Bonchev–Trinajstić information content (AvgIpc) is 3.31. The van der Waals surface area contributed by atoms with Gasteiger partial charge in [-0.1, -0.05) is 54.2 Å². The Morgan fingerprint density at radius 2 is 1.89 bits per heavy atom. The van der Waals surface area contributed by atoms with Crippen molar-refractivity contribution >= 4 is 23.4 Å². The van der Waals surface area contributed by atoms with Crippen LogP contribution in [0.3, 0.4) is 0 Å². The predicted molar refractivity (Wildman–Crippen MR) is 114 cm³/mol. The van der Waals surface area contributed by atoms with Crippen molar-refractivity contribution in [2.75, 3.05) is 11.4 Å². The van der Waals surface area contributed by atoms with Crippen molar-refractivity contribution in [3.63, 3.8) is 0 Å². The maximum absolute atomic E-state index is 13.1. The highest BCUT2D eigenvalue weighted by Crippen LogP contribution is 2.32. The number of fused-ring (bicyclic) bond motifs is 1. The minimum absolute atomic E-state index is 0.123. The lowest BCUT2D eigenvalue weighted by molar-refractivity contribution is -0.117. The van der Waals surface area contributed by atoms with E-state index in [9.17, 15) is 4.79 Å². The number of nitrogens with zero attached hydrogens (tertiary/aromatic N) is 4. The summed E-state index contributed by atoms with van der Waals surface area (Å²) >= 11 is 1.48. The third-order valence-corrected chi connectivity index (χ3v) is 6.27. The van der Waals surface area contributed by atoms with E-state index in [0.717, 1.165) is 41.7 Å². The molecule has 1 amide bonds. The van der Waals surface area contributed by atoms with E-state index in [1.165, 1.54) is 22.9 Å². The van der Waals surface area contributed by atoms with Gasteiger partial charge in [0.1, 0.15) is 0 Å². The van der Waals surface area contributed by atoms with Crippen LogP contribution in [0.15, 0.2) is 53.7 Å². The zero-order valence-electron chi connectivity index (χ0n) is 16.4. The number of amides is 1. The quantitative estimate of drug-likeness (QED) is 0.606. The summed E-state index contributed by atoms with van der Waals surface area (Å²) in [5.41, 5.74) is 4.53. The third kappa shape index (κ3) is 3.33. The molecule has 28 heavy (non-hydrogen) atoms. The van der Waals surface area contributed by atoms with Gasteiger partial charge in [0.05, 0.1) is 5.25 Å². The number of para-hydroxylation sites is 1. The first kappa shape index (κ1) is 18.7. The van der Waals surface area contributed by atoms with Crippen molar-refractivity contribution < 1.29 is 4.79 Å². The Labute approximate surface area is 169 Å². The van der Waals surface area contributed by atoms with Crippen LogP contribution in [-0.4, -0.2) is 32.5 Å². The van der Waals surface area contributed by atoms with Gasteiger partial charge in [0.15, 0.2) is 11.0 Å². The second kappa shape index (κ2) is 7.80. The molecule has 0 spiro atoms. The lowest BCUT2D eigenvalue weighted by Crippen LogP contribution is -2.35. The van der Waals surface area contributed by atoms with Crippen LogP contribution in [0, 0.1) is 6.92 Å². The first-order valence-corrected chi connectivity index (χ1v) is 10.5. The van der Waals surface area contributed by atoms with E-state index < -0.39 is 0 Å². The van der Waals surface area contributed by atoms with Gasteiger partial charge in [-0.2, -0.15) is 0 Å². The fourth-order valence-corrected chi connectivity index (χ4v) is 4.65. The van der Waals surface area contributed by atoms with Gasteiger partial charge >= 0.3 is 0 Å². The lowest BCUT2D eigenvalue weighted by Gasteiger charge is -2.21. The summed E-state index contributed by atoms with van der Waals surface area (Å²) in [7, 11) is 0. The second-order valence-corrected chi connectivity index (χ2v) is 8.30. The van der Waals surface area contributed by atoms with Gasteiger partial charge < -0.3 is 9.47 Å². The van der Waals surface area contributed by atoms with E-state index in [1.54, 1.807) is 0 Å². The number of hydrogen-bond acceptors (Lipinski definition) is 4. The number of carbonyl (C=O) groups is 1. The fourth-order valence-electron chi connectivity index (χ4n) is 3.68. The molecule has 0 aliphatic carbocycles. The molecule has 1 aliphatic rings. The van der Waals surface area contributed by atoms with Crippen LogP contribution in [0.25, 0.3) is 11.4 Å². The first-order valence-electron chi connectivity index (χ1n) is 9.65. The summed E-state index contributed by atoms with van der Waals surface area (Å²) in [4.78, 5) is 15.0. The molecule has 0 saturated carbocycles. The molecule has 5 nitrogen and oxygen atoms in total. The number of aryl methyl sites for hydroxylation is 1. The van der Waals surface area contributed by atoms with Gasteiger partial charge in [-0.3, -0.25) is 4.79 Å². The molecule has 0 unspecified atom stereocenters. The minimum atomic E-state index is -0.231. The number of anilines is 1. The Balaban J connectivity index is 1.56. The van der Waals surface area contributed by atoms with E-state index in [1.807, 2.05) is 42.2 Å². The highest BCUT2D eigenvalue weighted by atomic mass is 32.2. The maximum Gasteiger partial charge on any atom is 0.240 e. The summed E-state index contributed by atoms with van der Waals surface area (Å²) in [6.45, 7) is 7.62. The number of carbonyl (C=O) groups excluding carboxylic acids is 1. The monoisotopic (exact) mass is 392 g/mol. The molecule has 0 saturated heterocycles. The second-order valence-electron chi connectivity index (χ2n) is 6.99. The smallest absolute Gasteiger partial charge is 0.240 e. The first-order chi connectivity index (χ1) is 13.6. The molecular formula is C22H24N4OS. The third-order valence-electron chi connectivity index (χ3n) is 5.20. The van der Waals surface area contributed by atoms with E-state index in [2.05, 4.69) is 46.8 Å². The zero-order chi connectivity index (χ0) is 19.7. The molecule has 0 bridgehead atoms. The summed E-state index contributed by atoms with van der Waals surface area (Å²) < 4.78 is 2.09. The van der Waals surface area contributed by atoms with E-state index in [4.69, 9.17) is 0 Å². The van der Waals surface area contributed by atoms with Crippen LogP contribution in [0.4, 0.5) is 5.69 Å². The van der Waals surface area contributed by atoms with Crippen molar-refractivity contribution in [2.24, 2.45) is 0 Å². The van der Waals surface area contributed by atoms with Gasteiger partial charge in [0, 0.05) is 24.3 Å². The molecule has 0 fully saturated rings. The maximum atomic E-state index is 13.1. The highest BCUT2D eigenvalue weighted by molar-refractivity contribution is 8.00. The van der Waals surface area contributed by atoms with Gasteiger partial charge in [0.2, 0.25) is 5.91 Å². The Bertz CT molecular complexity index is 1010. The number of aromatic nitrogens is 3. The largest absolute Gasteiger partial charge is 0.311 e. The van der Waals surface area contributed by atoms with E-state index in [-0.39, 0.29) is 11.2 Å². The van der Waals surface area contributed by atoms with Gasteiger partial charge in [-0.25, -0.2) is 0 Å². The zero-order valence-corrected chi connectivity index (χ0v) is 17.2. The molecule has 144 valence electrons. The summed E-state index contributed by atoms with van der Waals surface area (Å²) in [6, 6.07) is 16.3. The van der Waals surface area contributed by atoms with Crippen LogP contribution in [0.2, 0.25) is 0 Å². The average molecular weight is 393 g/mol. The number of hydrogen-bond donors (Lipinski definition) is 0.